The molecule has 0 aliphatic heterocycles. The Morgan fingerprint density at radius 2 is 1.79 bits per heavy atom. The molecule has 0 heterocycles. The van der Waals surface area contributed by atoms with Crippen LogP contribution < -0.4 is 11.1 Å². The molecular weight excluding hydrogens is 514 g/mol. The Morgan fingerprint density at radius 1 is 1.13 bits per heavy atom. The fraction of sp³-hybridized carbons (Fsp3) is 0.423. The molecule has 0 aromatic heterocycles. The largest absolute Gasteiger partial charge is 0.508 e. The van der Waals surface area contributed by atoms with Gasteiger partial charge in [-0.25, -0.2) is 0 Å². The lowest BCUT2D eigenvalue weighted by molar-refractivity contribution is -0.153. The summed E-state index contributed by atoms with van der Waals surface area (Å²) >= 11 is 0. The smallest absolute Gasteiger partial charge is 0.303 e. The Bertz CT molecular complexity index is 1380. The second kappa shape index (κ2) is 9.82. The van der Waals surface area contributed by atoms with Crippen molar-refractivity contribution in [1.82, 2.24) is 4.90 Å². The minimum Gasteiger partial charge on any atom is -0.508 e. The molecule has 0 bridgehead atoms. The third-order valence-electron chi connectivity index (χ3n) is 7.66. The van der Waals surface area contributed by atoms with Crippen LogP contribution in [0.2, 0.25) is 0 Å². The van der Waals surface area contributed by atoms with Crippen LogP contribution >= 0.6 is 0 Å². The molecule has 8 N–H and O–H groups in total. The molecule has 2 amide bonds. The molecule has 0 radical (unpaired) electrons. The van der Waals surface area contributed by atoms with E-state index in [1.807, 2.05) is 0 Å². The first kappa shape index (κ1) is 27.8. The zero-order valence-electron chi connectivity index (χ0n) is 21.2. The van der Waals surface area contributed by atoms with Crippen LogP contribution in [0.15, 0.2) is 29.0 Å². The Morgan fingerprint density at radius 3 is 2.38 bits per heavy atom. The summed E-state index contributed by atoms with van der Waals surface area (Å²) in [5.74, 6) is -9.20. The van der Waals surface area contributed by atoms with E-state index in [4.69, 9.17) is 10.8 Å². The molecule has 1 unspecified atom stereocenters. The molecule has 13 heteroatoms. The van der Waals surface area contributed by atoms with Gasteiger partial charge in [-0.3, -0.25) is 28.9 Å². The number of amides is 2. The monoisotopic (exact) mass is 543 g/mol. The Balaban J connectivity index is 1.78. The average molecular weight is 544 g/mol. The second-order valence-electron chi connectivity index (χ2n) is 10.3. The molecule has 13 nitrogen and oxygen atoms in total. The second-order valence-corrected chi connectivity index (χ2v) is 10.3. The third-order valence-corrected chi connectivity index (χ3v) is 7.66. The number of aromatic hydroxyl groups is 1. The van der Waals surface area contributed by atoms with Crippen LogP contribution in [0.1, 0.15) is 36.8 Å². The predicted molar refractivity (Wildman–Crippen MR) is 134 cm³/mol. The third kappa shape index (κ3) is 4.33. The lowest BCUT2D eigenvalue weighted by Gasteiger charge is -2.50. The van der Waals surface area contributed by atoms with Crippen LogP contribution in [-0.4, -0.2) is 85.5 Å². The van der Waals surface area contributed by atoms with Crippen LogP contribution in [0.3, 0.4) is 0 Å². The van der Waals surface area contributed by atoms with E-state index < -0.39 is 75.7 Å². The standard InChI is InChI=1S/C26H29N3O10/c1-29(2)19-12-9-11-8-10-6-7-13(28-14(30)4-3-5-15(31)32)20(33)16(10)21(34)17(11)23(36)26(12,39)24(37)18(22(19)35)25(27)38/h6-7,11-12,19,33-34,37,39H,3-5,8-9H2,1-2H3,(H2,27,38)(H,28,30)(H,31,32)/t11-,12-,19?,26-/m0/s1. The quantitative estimate of drug-likeness (QED) is 0.181. The number of carboxylic acids is 1. The number of phenols is 1. The molecule has 4 atom stereocenters. The van der Waals surface area contributed by atoms with Crippen molar-refractivity contribution in [2.45, 2.75) is 43.7 Å². The number of nitrogens with two attached hydrogens (primary N) is 1. The summed E-state index contributed by atoms with van der Waals surface area (Å²) in [6.45, 7) is 0. The number of aliphatic hydroxyl groups excluding tert-OH is 2. The predicted octanol–water partition coefficient (Wildman–Crippen LogP) is 0.157. The summed E-state index contributed by atoms with van der Waals surface area (Å²) < 4.78 is 0. The first-order valence-electron chi connectivity index (χ1n) is 12.2. The molecule has 3 aliphatic carbocycles. The molecular formula is C26H29N3O10. The van der Waals surface area contributed by atoms with Crippen molar-refractivity contribution >= 4 is 40.8 Å². The number of benzene rings is 1. The summed E-state index contributed by atoms with van der Waals surface area (Å²) in [6, 6.07) is 1.77. The van der Waals surface area contributed by atoms with Gasteiger partial charge >= 0.3 is 5.97 Å². The minimum atomic E-state index is -2.74. The molecule has 0 saturated heterocycles. The van der Waals surface area contributed by atoms with E-state index in [1.54, 1.807) is 0 Å². The van der Waals surface area contributed by atoms with Gasteiger partial charge in [0, 0.05) is 24.3 Å². The SMILES string of the molecule is CN(C)C1C(=O)C(C(N)=O)=C(O)[C@@]2(O)C(=O)C3=C(O)c4c(ccc(NC(=O)CCCC(=O)O)c4O)C[C@H]3C[C@@H]12. The van der Waals surface area contributed by atoms with Crippen molar-refractivity contribution in [3.05, 3.63) is 40.2 Å². The number of nitrogens with one attached hydrogen (secondary N) is 1. The van der Waals surface area contributed by atoms with Gasteiger partial charge in [0.2, 0.25) is 11.7 Å². The highest BCUT2D eigenvalue weighted by Crippen LogP contribution is 2.53. The lowest BCUT2D eigenvalue weighted by Crippen LogP contribution is -2.65. The van der Waals surface area contributed by atoms with E-state index in [2.05, 4.69) is 5.32 Å². The van der Waals surface area contributed by atoms with Gasteiger partial charge in [0.1, 0.15) is 22.8 Å². The van der Waals surface area contributed by atoms with Crippen molar-refractivity contribution < 1.29 is 49.5 Å². The fourth-order valence-electron chi connectivity index (χ4n) is 5.93. The number of anilines is 1. The van der Waals surface area contributed by atoms with Crippen LogP contribution in [0.25, 0.3) is 5.76 Å². The topological polar surface area (TPSA) is 228 Å². The number of primary amides is 1. The van der Waals surface area contributed by atoms with Crippen LogP contribution in [0.4, 0.5) is 5.69 Å². The van der Waals surface area contributed by atoms with Crippen LogP contribution in [0, 0.1) is 11.8 Å². The first-order chi connectivity index (χ1) is 18.2. The van der Waals surface area contributed by atoms with Gasteiger partial charge in [-0.2, -0.15) is 0 Å². The van der Waals surface area contributed by atoms with Gasteiger partial charge in [-0.05, 0) is 50.9 Å². The summed E-state index contributed by atoms with van der Waals surface area (Å²) in [7, 11) is 3.03. The number of rotatable bonds is 7. The van der Waals surface area contributed by atoms with E-state index in [0.29, 0.717) is 5.56 Å². The number of carboxylic acid groups (broad SMARTS) is 1. The Hall–Kier alpha value is -4.23. The maximum absolute atomic E-state index is 13.8. The molecule has 1 aromatic carbocycles. The molecule has 208 valence electrons. The number of carbonyl (C=O) groups excluding carboxylic acids is 4. The lowest BCUT2D eigenvalue weighted by atomic mass is 9.57. The maximum atomic E-state index is 13.8. The number of Topliss-reactive ketones (excluding diaryl/α,β-unsaturated/α-hetero) is 2. The number of hydrogen-bond donors (Lipinski definition) is 7. The fourth-order valence-corrected chi connectivity index (χ4v) is 5.93. The Labute approximate surface area is 222 Å². The highest BCUT2D eigenvalue weighted by Gasteiger charge is 2.64. The van der Waals surface area contributed by atoms with Gasteiger partial charge < -0.3 is 36.6 Å². The number of phenolic OH excluding ortho intramolecular Hbond substituents is 1. The van der Waals surface area contributed by atoms with Crippen molar-refractivity contribution in [1.29, 1.82) is 0 Å². The average Bonchev–Trinajstić information content (AvgIpc) is 2.82. The molecule has 1 saturated carbocycles. The van der Waals surface area contributed by atoms with Gasteiger partial charge in [-0.15, -0.1) is 0 Å². The number of hydrogen-bond acceptors (Lipinski definition) is 10. The number of carbonyl (C=O) groups is 5. The van der Waals surface area contributed by atoms with E-state index in [0.717, 1.165) is 0 Å². The molecule has 39 heavy (non-hydrogen) atoms. The molecule has 4 rings (SSSR count). The first-order valence-corrected chi connectivity index (χ1v) is 12.2. The van der Waals surface area contributed by atoms with E-state index in [-0.39, 0.29) is 48.9 Å². The summed E-state index contributed by atoms with van der Waals surface area (Å²) in [4.78, 5) is 63.2. The van der Waals surface area contributed by atoms with E-state index >= 15 is 0 Å². The van der Waals surface area contributed by atoms with Crippen LogP contribution in [-0.2, 0) is 30.4 Å². The van der Waals surface area contributed by atoms with Gasteiger partial charge in [0.05, 0.1) is 17.3 Å². The van der Waals surface area contributed by atoms with Crippen molar-refractivity contribution in [3.8, 4) is 5.75 Å². The highest BCUT2D eigenvalue weighted by atomic mass is 16.4. The normalized spacial score (nSPS) is 26.2. The number of likely N-dealkylation sites (N-methyl/N-ethyl adjacent to an activating group) is 1. The summed E-state index contributed by atoms with van der Waals surface area (Å²) in [5, 5.41) is 55.7. The summed E-state index contributed by atoms with van der Waals surface area (Å²) in [5.41, 5.74) is 1.55. The van der Waals surface area contributed by atoms with Crippen LogP contribution in [0.5, 0.6) is 5.75 Å². The minimum absolute atomic E-state index is 0.0331. The number of aliphatic carboxylic acids is 1. The molecule has 1 aromatic rings. The van der Waals surface area contributed by atoms with E-state index in [9.17, 15) is 44.4 Å². The van der Waals surface area contributed by atoms with Gasteiger partial charge in [0.15, 0.2) is 11.4 Å². The molecule has 0 spiro atoms. The molecule has 3 aliphatic rings. The number of ketones is 2. The highest BCUT2D eigenvalue weighted by molar-refractivity contribution is 6.24. The number of fused-ring (bicyclic) bond motifs is 3. The number of aliphatic hydroxyl groups is 3. The van der Waals surface area contributed by atoms with Gasteiger partial charge in [-0.1, -0.05) is 6.07 Å². The van der Waals surface area contributed by atoms with E-state index in [1.165, 1.54) is 31.1 Å². The van der Waals surface area contributed by atoms with Gasteiger partial charge in [0.25, 0.3) is 5.91 Å². The summed E-state index contributed by atoms with van der Waals surface area (Å²) in [6.07, 6.45) is -0.199. The zero-order valence-corrected chi connectivity index (χ0v) is 21.2. The maximum Gasteiger partial charge on any atom is 0.303 e. The van der Waals surface area contributed by atoms with Crippen molar-refractivity contribution in [2.24, 2.45) is 17.6 Å². The van der Waals surface area contributed by atoms with Crippen molar-refractivity contribution in [3.63, 3.8) is 0 Å². The molecule has 1 fully saturated rings. The number of nitrogens with zero attached hydrogens (tertiary/aromatic N) is 1. The van der Waals surface area contributed by atoms with Crippen molar-refractivity contribution in [2.75, 3.05) is 19.4 Å². The zero-order chi connectivity index (χ0) is 29.0. The Kier molecular flexibility index (Phi) is 7.00.